The van der Waals surface area contributed by atoms with Crippen LogP contribution in [0.25, 0.3) is 0 Å². The van der Waals surface area contributed by atoms with Gasteiger partial charge in [-0.15, -0.1) is 0 Å². The summed E-state index contributed by atoms with van der Waals surface area (Å²) in [6.07, 6.45) is 14.1. The Balaban J connectivity index is 4.50. The van der Waals surface area contributed by atoms with Gasteiger partial charge in [0.05, 0.1) is 0 Å². The Morgan fingerprint density at radius 3 is 1.85 bits per heavy atom. The Bertz CT molecular complexity index is 380. The van der Waals surface area contributed by atoms with E-state index in [1.807, 2.05) is 0 Å². The van der Waals surface area contributed by atoms with Crippen LogP contribution in [0.5, 0.6) is 0 Å². The van der Waals surface area contributed by atoms with Crippen molar-refractivity contribution >= 4 is 0 Å². The highest BCUT2D eigenvalue weighted by molar-refractivity contribution is 5.10. The largest absolute Gasteiger partial charge is 0.0884 e. The number of rotatable bonds is 8. The summed E-state index contributed by atoms with van der Waals surface area (Å²) in [4.78, 5) is 0. The van der Waals surface area contributed by atoms with E-state index in [0.717, 1.165) is 6.42 Å². The summed E-state index contributed by atoms with van der Waals surface area (Å²) in [7, 11) is 0. The van der Waals surface area contributed by atoms with Crippen LogP contribution in [0, 0.1) is 5.92 Å². The normalized spacial score (nSPS) is 13.9. The van der Waals surface area contributed by atoms with Crippen LogP contribution in [-0.2, 0) is 0 Å². The average Bonchev–Trinajstić information content (AvgIpc) is 2.37. The lowest BCUT2D eigenvalue weighted by molar-refractivity contribution is 0.626. The lowest BCUT2D eigenvalue weighted by atomic mass is 9.91. The maximum absolute atomic E-state index is 2.44. The molecule has 0 spiro atoms. The molecule has 114 valence electrons. The average molecular weight is 274 g/mol. The molecule has 1 unspecified atom stereocenters. The van der Waals surface area contributed by atoms with Crippen molar-refractivity contribution in [3.8, 4) is 0 Å². The molecule has 0 radical (unpaired) electrons. The fourth-order valence-electron chi connectivity index (χ4n) is 2.12. The van der Waals surface area contributed by atoms with Crippen LogP contribution in [0.1, 0.15) is 74.1 Å². The Kier molecular flexibility index (Phi) is 10.2. The van der Waals surface area contributed by atoms with Gasteiger partial charge < -0.3 is 0 Å². The molecule has 0 amide bonds. The first-order valence-electron chi connectivity index (χ1n) is 7.92. The van der Waals surface area contributed by atoms with E-state index < -0.39 is 0 Å². The summed E-state index contributed by atoms with van der Waals surface area (Å²) < 4.78 is 0. The van der Waals surface area contributed by atoms with E-state index in [9.17, 15) is 0 Å². The second-order valence-corrected chi connectivity index (χ2v) is 6.35. The van der Waals surface area contributed by atoms with Crippen LogP contribution < -0.4 is 0 Å². The van der Waals surface area contributed by atoms with E-state index in [1.54, 1.807) is 0 Å². The molecule has 0 heterocycles. The van der Waals surface area contributed by atoms with E-state index in [4.69, 9.17) is 0 Å². The van der Waals surface area contributed by atoms with Crippen molar-refractivity contribution in [3.05, 3.63) is 46.6 Å². The van der Waals surface area contributed by atoms with Crippen LogP contribution in [0.2, 0.25) is 0 Å². The summed E-state index contributed by atoms with van der Waals surface area (Å²) in [5.41, 5.74) is 5.87. The van der Waals surface area contributed by atoms with E-state index >= 15 is 0 Å². The van der Waals surface area contributed by atoms with Crippen molar-refractivity contribution in [1.29, 1.82) is 0 Å². The summed E-state index contributed by atoms with van der Waals surface area (Å²) in [6, 6.07) is 0. The first kappa shape index (κ1) is 19.0. The maximum atomic E-state index is 2.44. The minimum absolute atomic E-state index is 0.660. The molecular formula is C20H34. The second-order valence-electron chi connectivity index (χ2n) is 6.35. The topological polar surface area (TPSA) is 0 Å². The van der Waals surface area contributed by atoms with Gasteiger partial charge in [-0.05, 0) is 80.1 Å². The zero-order chi connectivity index (χ0) is 15.5. The lowest BCUT2D eigenvalue weighted by Crippen LogP contribution is -2.00. The van der Waals surface area contributed by atoms with Crippen molar-refractivity contribution in [1.82, 2.24) is 0 Å². The molecule has 0 heteroatoms. The minimum Gasteiger partial charge on any atom is -0.0884 e. The molecular weight excluding hydrogens is 240 g/mol. The summed E-state index contributed by atoms with van der Waals surface area (Å²) in [5.74, 6) is 0.660. The number of hydrogen-bond acceptors (Lipinski definition) is 0. The van der Waals surface area contributed by atoms with Crippen molar-refractivity contribution in [2.75, 3.05) is 0 Å². The monoisotopic (exact) mass is 274 g/mol. The Hall–Kier alpha value is -1.04. The fourth-order valence-corrected chi connectivity index (χ4v) is 2.12. The van der Waals surface area contributed by atoms with E-state index in [1.165, 1.54) is 41.6 Å². The van der Waals surface area contributed by atoms with E-state index in [0.29, 0.717) is 5.92 Å². The minimum atomic E-state index is 0.660. The highest BCUT2D eigenvalue weighted by atomic mass is 14.1. The highest BCUT2D eigenvalue weighted by Crippen LogP contribution is 2.22. The lowest BCUT2D eigenvalue weighted by Gasteiger charge is -2.15. The second kappa shape index (κ2) is 10.7. The molecule has 1 atom stereocenters. The highest BCUT2D eigenvalue weighted by Gasteiger charge is 2.07. The molecule has 0 aromatic rings. The molecule has 0 rings (SSSR count). The predicted molar refractivity (Wildman–Crippen MR) is 94.0 cm³/mol. The van der Waals surface area contributed by atoms with Gasteiger partial charge in [-0.2, -0.15) is 0 Å². The van der Waals surface area contributed by atoms with E-state index in [-0.39, 0.29) is 0 Å². The van der Waals surface area contributed by atoms with Crippen LogP contribution in [0.4, 0.5) is 0 Å². The van der Waals surface area contributed by atoms with Gasteiger partial charge in [-0.1, -0.05) is 46.6 Å². The molecule has 0 fully saturated rings. The Morgan fingerprint density at radius 1 is 0.800 bits per heavy atom. The summed E-state index contributed by atoms with van der Waals surface area (Å²) in [5, 5.41) is 0. The third-order valence-electron chi connectivity index (χ3n) is 3.75. The van der Waals surface area contributed by atoms with Gasteiger partial charge in [-0.25, -0.2) is 0 Å². The molecule has 0 aromatic heterocycles. The van der Waals surface area contributed by atoms with Crippen molar-refractivity contribution in [2.45, 2.75) is 74.1 Å². The zero-order valence-corrected chi connectivity index (χ0v) is 14.7. The Labute approximate surface area is 127 Å². The zero-order valence-electron chi connectivity index (χ0n) is 14.7. The van der Waals surface area contributed by atoms with Crippen molar-refractivity contribution in [3.63, 3.8) is 0 Å². The van der Waals surface area contributed by atoms with Crippen molar-refractivity contribution in [2.24, 2.45) is 5.92 Å². The van der Waals surface area contributed by atoms with Gasteiger partial charge >= 0.3 is 0 Å². The molecule has 0 nitrogen and oxygen atoms in total. The molecule has 0 saturated carbocycles. The molecule has 0 aromatic carbocycles. The van der Waals surface area contributed by atoms with Gasteiger partial charge in [0.15, 0.2) is 0 Å². The number of allylic oxidation sites excluding steroid dienone is 8. The summed E-state index contributed by atoms with van der Waals surface area (Å²) >= 11 is 0. The van der Waals surface area contributed by atoms with Crippen LogP contribution in [0.3, 0.4) is 0 Å². The van der Waals surface area contributed by atoms with Crippen LogP contribution in [-0.4, -0.2) is 0 Å². The molecule has 0 aliphatic heterocycles. The SMILES string of the molecule is CC=C(C)C(CC=C(C)C)CC=C(C)CCC=C(C)C. The molecule has 0 bridgehead atoms. The van der Waals surface area contributed by atoms with E-state index in [2.05, 4.69) is 72.8 Å². The standard InChI is InChI=1S/C20H34/c1-8-19(7)20(14-12-17(4)5)15-13-18(6)11-9-10-16(2)3/h8,10,12-13,20H,9,11,14-15H2,1-7H3. The molecule has 0 saturated heterocycles. The Morgan fingerprint density at radius 2 is 1.35 bits per heavy atom. The van der Waals surface area contributed by atoms with Gasteiger partial charge in [0.1, 0.15) is 0 Å². The maximum Gasteiger partial charge on any atom is -0.0137 e. The van der Waals surface area contributed by atoms with Gasteiger partial charge in [-0.3, -0.25) is 0 Å². The molecule has 0 aliphatic carbocycles. The van der Waals surface area contributed by atoms with Gasteiger partial charge in [0.2, 0.25) is 0 Å². The van der Waals surface area contributed by atoms with Gasteiger partial charge in [0, 0.05) is 0 Å². The third-order valence-corrected chi connectivity index (χ3v) is 3.75. The third kappa shape index (κ3) is 9.83. The molecule has 20 heavy (non-hydrogen) atoms. The van der Waals surface area contributed by atoms with Gasteiger partial charge in [0.25, 0.3) is 0 Å². The number of hydrogen-bond donors (Lipinski definition) is 0. The summed E-state index contributed by atoms with van der Waals surface area (Å²) in [6.45, 7) is 15.4. The first-order valence-corrected chi connectivity index (χ1v) is 7.92. The molecule has 0 aliphatic rings. The smallest absolute Gasteiger partial charge is 0.0137 e. The fraction of sp³-hybridized carbons (Fsp3) is 0.600. The first-order chi connectivity index (χ1) is 9.36. The van der Waals surface area contributed by atoms with Crippen LogP contribution in [0.15, 0.2) is 46.6 Å². The van der Waals surface area contributed by atoms with Crippen molar-refractivity contribution < 1.29 is 0 Å². The molecule has 0 N–H and O–H groups in total. The predicted octanol–water partition coefficient (Wildman–Crippen LogP) is 7.01. The quantitative estimate of drug-likeness (QED) is 0.418. The van der Waals surface area contributed by atoms with Crippen LogP contribution >= 0.6 is 0 Å².